The number of allylic oxidation sites excluding steroid dienone is 1. The first-order chi connectivity index (χ1) is 12.9. The van der Waals surface area contributed by atoms with Gasteiger partial charge in [-0.1, -0.05) is 30.3 Å². The minimum atomic E-state index is -1.09. The van der Waals surface area contributed by atoms with Crippen LogP contribution in [0.1, 0.15) is 40.1 Å². The Bertz CT molecular complexity index is 920. The third-order valence-electron chi connectivity index (χ3n) is 4.14. The monoisotopic (exact) mass is 366 g/mol. The van der Waals surface area contributed by atoms with Gasteiger partial charge in [-0.05, 0) is 37.6 Å². The molecule has 0 aliphatic heterocycles. The van der Waals surface area contributed by atoms with Crippen LogP contribution in [0.15, 0.2) is 48.0 Å². The standard InChI is InChI=1S/C21H18O6/c1-3-26-18-11-13(8-9-17(18)27-12(2)21(24)25)10-16-19(22)14-6-4-5-7-15(14)20(16)23/h4-12H,3H2,1-2H3,(H,24,25)/t12-/m1/s1. The van der Waals surface area contributed by atoms with E-state index in [1.165, 1.54) is 13.0 Å². The van der Waals surface area contributed by atoms with Gasteiger partial charge in [-0.3, -0.25) is 9.59 Å². The molecular formula is C21H18O6. The number of rotatable bonds is 6. The average molecular weight is 366 g/mol. The third-order valence-corrected chi connectivity index (χ3v) is 4.14. The molecule has 3 rings (SSSR count). The summed E-state index contributed by atoms with van der Waals surface area (Å²) in [5, 5.41) is 9.00. The number of Topliss-reactive ketones (excluding diaryl/α,β-unsaturated/α-hetero) is 2. The Balaban J connectivity index is 1.95. The highest BCUT2D eigenvalue weighted by molar-refractivity contribution is 6.41. The van der Waals surface area contributed by atoms with Gasteiger partial charge in [-0.15, -0.1) is 0 Å². The van der Waals surface area contributed by atoms with Crippen LogP contribution in [0.25, 0.3) is 6.08 Å². The molecule has 0 heterocycles. The number of ketones is 2. The second-order valence-corrected chi connectivity index (χ2v) is 6.00. The van der Waals surface area contributed by atoms with Gasteiger partial charge in [-0.25, -0.2) is 4.79 Å². The van der Waals surface area contributed by atoms with Crippen molar-refractivity contribution in [1.82, 2.24) is 0 Å². The molecule has 1 N–H and O–H groups in total. The first-order valence-electron chi connectivity index (χ1n) is 8.48. The fourth-order valence-corrected chi connectivity index (χ4v) is 2.79. The smallest absolute Gasteiger partial charge is 0.344 e. The number of carbonyl (C=O) groups is 3. The molecule has 0 bridgehead atoms. The van der Waals surface area contributed by atoms with Gasteiger partial charge >= 0.3 is 5.97 Å². The zero-order valence-corrected chi connectivity index (χ0v) is 14.9. The van der Waals surface area contributed by atoms with E-state index in [-0.39, 0.29) is 22.9 Å². The van der Waals surface area contributed by atoms with Crippen molar-refractivity contribution < 1.29 is 29.0 Å². The van der Waals surface area contributed by atoms with Crippen molar-refractivity contribution in [3.05, 3.63) is 64.7 Å². The molecule has 0 saturated carbocycles. The lowest BCUT2D eigenvalue weighted by Crippen LogP contribution is -2.23. The molecule has 0 saturated heterocycles. The van der Waals surface area contributed by atoms with Crippen LogP contribution < -0.4 is 9.47 Å². The highest BCUT2D eigenvalue weighted by Crippen LogP contribution is 2.32. The van der Waals surface area contributed by atoms with Crippen LogP contribution in [-0.2, 0) is 4.79 Å². The largest absolute Gasteiger partial charge is 0.490 e. The molecule has 1 aliphatic rings. The van der Waals surface area contributed by atoms with Crippen LogP contribution in [0.3, 0.4) is 0 Å². The van der Waals surface area contributed by atoms with E-state index in [9.17, 15) is 14.4 Å². The number of aliphatic carboxylic acids is 1. The van der Waals surface area contributed by atoms with E-state index in [0.29, 0.717) is 29.0 Å². The summed E-state index contributed by atoms with van der Waals surface area (Å²) >= 11 is 0. The summed E-state index contributed by atoms with van der Waals surface area (Å²) in [5.41, 5.74) is 1.47. The number of carboxylic acids is 1. The number of carboxylic acid groups (broad SMARTS) is 1. The van der Waals surface area contributed by atoms with Gasteiger partial charge in [0, 0.05) is 11.1 Å². The maximum atomic E-state index is 12.5. The molecular weight excluding hydrogens is 348 g/mol. The highest BCUT2D eigenvalue weighted by atomic mass is 16.5. The van der Waals surface area contributed by atoms with Crippen LogP contribution in [0, 0.1) is 0 Å². The minimum absolute atomic E-state index is 0.0891. The maximum absolute atomic E-state index is 12.5. The quantitative estimate of drug-likeness (QED) is 0.622. The molecule has 138 valence electrons. The molecule has 0 radical (unpaired) electrons. The normalized spacial score (nSPS) is 13.9. The van der Waals surface area contributed by atoms with E-state index < -0.39 is 12.1 Å². The molecule has 1 atom stereocenters. The van der Waals surface area contributed by atoms with Crippen molar-refractivity contribution in [1.29, 1.82) is 0 Å². The Morgan fingerprint density at radius 1 is 1.07 bits per heavy atom. The van der Waals surface area contributed by atoms with Gasteiger partial charge in [0.05, 0.1) is 12.2 Å². The van der Waals surface area contributed by atoms with E-state index in [0.717, 1.165) is 0 Å². The van der Waals surface area contributed by atoms with E-state index in [2.05, 4.69) is 0 Å². The predicted molar refractivity (Wildman–Crippen MR) is 98.4 cm³/mol. The highest BCUT2D eigenvalue weighted by Gasteiger charge is 2.32. The van der Waals surface area contributed by atoms with Crippen molar-refractivity contribution in [2.24, 2.45) is 0 Å². The van der Waals surface area contributed by atoms with Gasteiger partial charge < -0.3 is 14.6 Å². The Hall–Kier alpha value is -3.41. The SMILES string of the molecule is CCOc1cc(C=C2C(=O)c3ccccc3C2=O)ccc1O[C@H](C)C(=O)O. The lowest BCUT2D eigenvalue weighted by atomic mass is 10.1. The number of fused-ring (bicyclic) bond motifs is 1. The summed E-state index contributed by atoms with van der Waals surface area (Å²) in [6, 6.07) is 11.5. The number of carbonyl (C=O) groups excluding carboxylic acids is 2. The molecule has 2 aromatic carbocycles. The molecule has 2 aromatic rings. The van der Waals surface area contributed by atoms with Crippen molar-refractivity contribution in [3.8, 4) is 11.5 Å². The van der Waals surface area contributed by atoms with Gasteiger partial charge in [0.1, 0.15) is 0 Å². The Kier molecular flexibility index (Phi) is 5.07. The van der Waals surface area contributed by atoms with Gasteiger partial charge in [-0.2, -0.15) is 0 Å². The molecule has 27 heavy (non-hydrogen) atoms. The van der Waals surface area contributed by atoms with E-state index in [4.69, 9.17) is 14.6 Å². The van der Waals surface area contributed by atoms with Crippen molar-refractivity contribution in [2.45, 2.75) is 20.0 Å². The molecule has 0 spiro atoms. The zero-order chi connectivity index (χ0) is 19.6. The van der Waals surface area contributed by atoms with Gasteiger partial charge in [0.2, 0.25) is 0 Å². The Morgan fingerprint density at radius 3 is 2.26 bits per heavy atom. The van der Waals surface area contributed by atoms with Crippen LogP contribution in [0.5, 0.6) is 11.5 Å². The summed E-state index contributed by atoms with van der Waals surface area (Å²) < 4.78 is 10.9. The molecule has 0 unspecified atom stereocenters. The van der Waals surface area contributed by atoms with Crippen LogP contribution in [-0.4, -0.2) is 35.4 Å². The second-order valence-electron chi connectivity index (χ2n) is 6.00. The first-order valence-corrected chi connectivity index (χ1v) is 8.48. The van der Waals surface area contributed by atoms with Gasteiger partial charge in [0.15, 0.2) is 29.2 Å². The maximum Gasteiger partial charge on any atom is 0.344 e. The number of hydrogen-bond acceptors (Lipinski definition) is 5. The van der Waals surface area contributed by atoms with Crippen molar-refractivity contribution in [3.63, 3.8) is 0 Å². The number of ether oxygens (including phenoxy) is 2. The first kappa shape index (κ1) is 18.4. The number of benzene rings is 2. The van der Waals surface area contributed by atoms with Crippen molar-refractivity contribution in [2.75, 3.05) is 6.61 Å². The topological polar surface area (TPSA) is 89.9 Å². The summed E-state index contributed by atoms with van der Waals surface area (Å²) in [5.74, 6) is -1.10. The van der Waals surface area contributed by atoms with E-state index >= 15 is 0 Å². The van der Waals surface area contributed by atoms with E-state index in [1.807, 2.05) is 0 Å². The summed E-state index contributed by atoms with van der Waals surface area (Å²) in [7, 11) is 0. The fourth-order valence-electron chi connectivity index (χ4n) is 2.79. The molecule has 0 aromatic heterocycles. The fraction of sp³-hybridized carbons (Fsp3) is 0.190. The summed E-state index contributed by atoms with van der Waals surface area (Å²) in [4.78, 5) is 36.0. The molecule has 0 fully saturated rings. The number of hydrogen-bond donors (Lipinski definition) is 1. The van der Waals surface area contributed by atoms with Gasteiger partial charge in [0.25, 0.3) is 0 Å². The lowest BCUT2D eigenvalue weighted by Gasteiger charge is -2.15. The Morgan fingerprint density at radius 2 is 1.70 bits per heavy atom. The molecule has 0 amide bonds. The van der Waals surface area contributed by atoms with Crippen molar-refractivity contribution >= 4 is 23.6 Å². The lowest BCUT2D eigenvalue weighted by molar-refractivity contribution is -0.144. The predicted octanol–water partition coefficient (Wildman–Crippen LogP) is 3.40. The zero-order valence-electron chi connectivity index (χ0n) is 14.9. The molecule has 6 nitrogen and oxygen atoms in total. The molecule has 6 heteroatoms. The van der Waals surface area contributed by atoms with Crippen LogP contribution in [0.4, 0.5) is 0 Å². The third kappa shape index (κ3) is 3.60. The summed E-state index contributed by atoms with van der Waals surface area (Å²) in [6.45, 7) is 3.55. The average Bonchev–Trinajstić information content (AvgIpc) is 2.89. The van der Waals surface area contributed by atoms with E-state index in [1.54, 1.807) is 49.4 Å². The van der Waals surface area contributed by atoms with Crippen LogP contribution in [0.2, 0.25) is 0 Å². The summed E-state index contributed by atoms with van der Waals surface area (Å²) in [6.07, 6.45) is 0.471. The van der Waals surface area contributed by atoms with Crippen LogP contribution >= 0.6 is 0 Å². The minimum Gasteiger partial charge on any atom is -0.490 e. The Labute approximate surface area is 156 Å². The molecule has 1 aliphatic carbocycles. The second kappa shape index (κ2) is 7.45.